The molecule has 0 heterocycles. The van der Waals surface area contributed by atoms with Gasteiger partial charge in [0.15, 0.2) is 11.5 Å². The van der Waals surface area contributed by atoms with Gasteiger partial charge in [-0.1, -0.05) is 15.9 Å². The lowest BCUT2D eigenvalue weighted by Crippen LogP contribution is -2.46. The van der Waals surface area contributed by atoms with Gasteiger partial charge in [0.1, 0.15) is 0 Å². The summed E-state index contributed by atoms with van der Waals surface area (Å²) >= 11 is 3.28. The number of hydrogen-bond acceptors (Lipinski definition) is 5. The van der Waals surface area contributed by atoms with Crippen LogP contribution in [0.2, 0.25) is 0 Å². The number of carbonyl (C=O) groups is 3. The SMILES string of the molecule is COc1ccc(C(=O)NNC(=O)CNC(=O)c2ccc(Br)cc2)cc1OC. The van der Waals surface area contributed by atoms with Gasteiger partial charge in [-0.3, -0.25) is 25.2 Å². The molecule has 9 heteroatoms. The first-order chi connectivity index (χ1) is 12.9. The van der Waals surface area contributed by atoms with E-state index in [1.807, 2.05) is 0 Å². The summed E-state index contributed by atoms with van der Waals surface area (Å²) in [5.41, 5.74) is 5.18. The number of hydrogen-bond donors (Lipinski definition) is 3. The number of carbonyl (C=O) groups excluding carboxylic acids is 3. The Morgan fingerprint density at radius 3 is 2.11 bits per heavy atom. The summed E-state index contributed by atoms with van der Waals surface area (Å²) < 4.78 is 11.1. The van der Waals surface area contributed by atoms with Crippen LogP contribution in [0.4, 0.5) is 0 Å². The van der Waals surface area contributed by atoms with Gasteiger partial charge in [-0.25, -0.2) is 0 Å². The molecule has 0 fully saturated rings. The minimum absolute atomic E-state index is 0.270. The van der Waals surface area contributed by atoms with Gasteiger partial charge in [0, 0.05) is 15.6 Å². The molecule has 2 aromatic rings. The smallest absolute Gasteiger partial charge is 0.269 e. The van der Waals surface area contributed by atoms with E-state index in [1.165, 1.54) is 26.4 Å². The molecule has 3 amide bonds. The molecule has 2 aromatic carbocycles. The van der Waals surface area contributed by atoms with E-state index in [2.05, 4.69) is 32.1 Å². The van der Waals surface area contributed by atoms with Crippen LogP contribution in [0.3, 0.4) is 0 Å². The lowest BCUT2D eigenvalue weighted by molar-refractivity contribution is -0.120. The summed E-state index contributed by atoms with van der Waals surface area (Å²) in [6, 6.07) is 11.3. The number of hydrazine groups is 1. The van der Waals surface area contributed by atoms with E-state index in [-0.39, 0.29) is 12.1 Å². The first-order valence-corrected chi connectivity index (χ1v) is 8.59. The Labute approximate surface area is 164 Å². The zero-order valence-corrected chi connectivity index (χ0v) is 16.3. The fourth-order valence-corrected chi connectivity index (χ4v) is 2.35. The van der Waals surface area contributed by atoms with E-state index in [9.17, 15) is 14.4 Å². The molecular weight excluding hydrogens is 418 g/mol. The summed E-state index contributed by atoms with van der Waals surface area (Å²) in [5, 5.41) is 2.46. The Balaban J connectivity index is 1.83. The second-order valence-electron chi connectivity index (χ2n) is 5.26. The molecule has 0 radical (unpaired) electrons. The van der Waals surface area contributed by atoms with Gasteiger partial charge in [0.2, 0.25) is 0 Å². The molecule has 0 aliphatic carbocycles. The first-order valence-electron chi connectivity index (χ1n) is 7.79. The molecule has 142 valence electrons. The van der Waals surface area contributed by atoms with Crippen LogP contribution in [0, 0.1) is 0 Å². The van der Waals surface area contributed by atoms with Gasteiger partial charge >= 0.3 is 0 Å². The van der Waals surface area contributed by atoms with Crippen molar-refractivity contribution in [1.82, 2.24) is 16.2 Å². The second kappa shape index (κ2) is 9.58. The third-order valence-electron chi connectivity index (χ3n) is 3.48. The van der Waals surface area contributed by atoms with Gasteiger partial charge in [0.05, 0.1) is 20.8 Å². The molecule has 0 saturated carbocycles. The van der Waals surface area contributed by atoms with E-state index < -0.39 is 17.7 Å². The van der Waals surface area contributed by atoms with Gasteiger partial charge in [-0.15, -0.1) is 0 Å². The van der Waals surface area contributed by atoms with Crippen LogP contribution >= 0.6 is 15.9 Å². The summed E-state index contributed by atoms with van der Waals surface area (Å²) in [5.74, 6) is -0.645. The standard InChI is InChI=1S/C18H18BrN3O5/c1-26-14-8-5-12(9-15(14)27-2)18(25)22-21-16(23)10-20-17(24)11-3-6-13(19)7-4-11/h3-9H,10H2,1-2H3,(H,20,24)(H,21,23)(H,22,25). The number of benzene rings is 2. The fourth-order valence-electron chi connectivity index (χ4n) is 2.08. The van der Waals surface area contributed by atoms with Crippen LogP contribution in [-0.4, -0.2) is 38.5 Å². The van der Waals surface area contributed by atoms with Crippen molar-refractivity contribution < 1.29 is 23.9 Å². The predicted molar refractivity (Wildman–Crippen MR) is 102 cm³/mol. The Morgan fingerprint density at radius 1 is 0.852 bits per heavy atom. The molecule has 0 spiro atoms. The summed E-state index contributed by atoms with van der Waals surface area (Å²) in [4.78, 5) is 35.8. The molecule has 8 nitrogen and oxygen atoms in total. The molecule has 0 aliphatic rings. The lowest BCUT2D eigenvalue weighted by atomic mass is 10.2. The predicted octanol–water partition coefficient (Wildman–Crippen LogP) is 1.66. The Morgan fingerprint density at radius 2 is 1.48 bits per heavy atom. The molecule has 0 bridgehead atoms. The highest BCUT2D eigenvalue weighted by Gasteiger charge is 2.12. The molecule has 0 saturated heterocycles. The van der Waals surface area contributed by atoms with E-state index in [0.717, 1.165) is 4.47 Å². The maximum atomic E-state index is 12.1. The quantitative estimate of drug-likeness (QED) is 0.598. The Bertz CT molecular complexity index is 839. The van der Waals surface area contributed by atoms with E-state index in [4.69, 9.17) is 9.47 Å². The number of amides is 3. The van der Waals surface area contributed by atoms with Crippen molar-refractivity contribution >= 4 is 33.7 Å². The minimum Gasteiger partial charge on any atom is -0.493 e. The topological polar surface area (TPSA) is 106 Å². The van der Waals surface area contributed by atoms with Gasteiger partial charge < -0.3 is 14.8 Å². The average Bonchev–Trinajstić information content (AvgIpc) is 2.70. The monoisotopic (exact) mass is 435 g/mol. The van der Waals surface area contributed by atoms with E-state index >= 15 is 0 Å². The number of methoxy groups -OCH3 is 2. The number of ether oxygens (including phenoxy) is 2. The van der Waals surface area contributed by atoms with Crippen molar-refractivity contribution in [2.24, 2.45) is 0 Å². The summed E-state index contributed by atoms with van der Waals surface area (Å²) in [6.45, 7) is -0.291. The molecular formula is C18H18BrN3O5. The zero-order valence-electron chi connectivity index (χ0n) is 14.7. The number of rotatable bonds is 6. The zero-order chi connectivity index (χ0) is 19.8. The van der Waals surface area contributed by atoms with Crippen molar-refractivity contribution in [3.8, 4) is 11.5 Å². The number of nitrogens with one attached hydrogen (secondary N) is 3. The molecule has 0 atom stereocenters. The van der Waals surface area contributed by atoms with Gasteiger partial charge in [0.25, 0.3) is 17.7 Å². The lowest BCUT2D eigenvalue weighted by Gasteiger charge is -2.11. The minimum atomic E-state index is -0.575. The maximum Gasteiger partial charge on any atom is 0.269 e. The Hall–Kier alpha value is -3.07. The van der Waals surface area contributed by atoms with Crippen molar-refractivity contribution in [2.75, 3.05) is 20.8 Å². The van der Waals surface area contributed by atoms with E-state index in [0.29, 0.717) is 17.1 Å². The molecule has 2 rings (SSSR count). The maximum absolute atomic E-state index is 12.1. The normalized spacial score (nSPS) is 9.89. The van der Waals surface area contributed by atoms with Crippen LogP contribution in [0.15, 0.2) is 46.9 Å². The summed E-state index contributed by atoms with van der Waals surface area (Å²) in [6.07, 6.45) is 0. The fraction of sp³-hybridized carbons (Fsp3) is 0.167. The average molecular weight is 436 g/mol. The first kappa shape index (κ1) is 20.2. The molecule has 0 unspecified atom stereocenters. The molecule has 0 aliphatic heterocycles. The van der Waals surface area contributed by atoms with Gasteiger partial charge in [-0.05, 0) is 42.5 Å². The highest BCUT2D eigenvalue weighted by atomic mass is 79.9. The van der Waals surface area contributed by atoms with Crippen LogP contribution in [0.5, 0.6) is 11.5 Å². The summed E-state index contributed by atoms with van der Waals surface area (Å²) in [7, 11) is 2.94. The highest BCUT2D eigenvalue weighted by Crippen LogP contribution is 2.27. The van der Waals surface area contributed by atoms with Crippen LogP contribution in [-0.2, 0) is 4.79 Å². The van der Waals surface area contributed by atoms with E-state index in [1.54, 1.807) is 30.3 Å². The molecule has 27 heavy (non-hydrogen) atoms. The van der Waals surface area contributed by atoms with Crippen molar-refractivity contribution in [1.29, 1.82) is 0 Å². The molecule has 3 N–H and O–H groups in total. The Kier molecular flexibility index (Phi) is 7.18. The molecule has 0 aromatic heterocycles. The third kappa shape index (κ3) is 5.71. The second-order valence-corrected chi connectivity index (χ2v) is 6.18. The van der Waals surface area contributed by atoms with Gasteiger partial charge in [-0.2, -0.15) is 0 Å². The van der Waals surface area contributed by atoms with Crippen LogP contribution in [0.1, 0.15) is 20.7 Å². The highest BCUT2D eigenvalue weighted by molar-refractivity contribution is 9.10. The van der Waals surface area contributed by atoms with Crippen molar-refractivity contribution in [2.45, 2.75) is 0 Å². The van der Waals surface area contributed by atoms with Crippen LogP contribution < -0.4 is 25.6 Å². The van der Waals surface area contributed by atoms with Crippen molar-refractivity contribution in [3.05, 3.63) is 58.1 Å². The largest absolute Gasteiger partial charge is 0.493 e. The number of halogens is 1. The van der Waals surface area contributed by atoms with Crippen LogP contribution in [0.25, 0.3) is 0 Å². The third-order valence-corrected chi connectivity index (χ3v) is 4.01. The van der Waals surface area contributed by atoms with Crippen molar-refractivity contribution in [3.63, 3.8) is 0 Å².